The van der Waals surface area contributed by atoms with E-state index in [0.29, 0.717) is 17.7 Å². The van der Waals surface area contributed by atoms with Gasteiger partial charge in [0.05, 0.1) is 5.60 Å². The third kappa shape index (κ3) is 3.20. The van der Waals surface area contributed by atoms with Crippen LogP contribution in [0.1, 0.15) is 16.8 Å². The van der Waals surface area contributed by atoms with Gasteiger partial charge in [-0.05, 0) is 36.4 Å². The fourth-order valence-electron chi connectivity index (χ4n) is 1.68. The number of hydrogen-bond donors (Lipinski definition) is 2. The van der Waals surface area contributed by atoms with Crippen molar-refractivity contribution in [2.75, 3.05) is 18.1 Å². The molecule has 92 valence electrons. The largest absolute Gasteiger partial charge is 0.387 e. The molecular weight excluding hydrogens is 241 g/mol. The van der Waals surface area contributed by atoms with E-state index in [-0.39, 0.29) is 18.3 Å². The molecule has 1 unspecified atom stereocenters. The van der Waals surface area contributed by atoms with Gasteiger partial charge in [0.15, 0.2) is 0 Å². The van der Waals surface area contributed by atoms with Crippen LogP contribution in [-0.4, -0.2) is 34.7 Å². The van der Waals surface area contributed by atoms with E-state index in [1.165, 1.54) is 24.3 Å². The van der Waals surface area contributed by atoms with Gasteiger partial charge in [0.1, 0.15) is 5.82 Å². The first-order chi connectivity index (χ1) is 8.09. The Kier molecular flexibility index (Phi) is 3.69. The van der Waals surface area contributed by atoms with Crippen LogP contribution in [0, 0.1) is 5.82 Å². The molecule has 0 saturated carbocycles. The zero-order valence-electron chi connectivity index (χ0n) is 9.28. The van der Waals surface area contributed by atoms with Gasteiger partial charge in [-0.3, -0.25) is 4.79 Å². The molecule has 1 saturated heterocycles. The zero-order chi connectivity index (χ0) is 12.3. The van der Waals surface area contributed by atoms with Crippen molar-refractivity contribution in [2.45, 2.75) is 12.0 Å². The summed E-state index contributed by atoms with van der Waals surface area (Å²) >= 11 is 1.68. The van der Waals surface area contributed by atoms with Crippen LogP contribution < -0.4 is 5.32 Å². The van der Waals surface area contributed by atoms with Gasteiger partial charge in [0.2, 0.25) is 0 Å². The van der Waals surface area contributed by atoms with Crippen molar-refractivity contribution in [2.24, 2.45) is 0 Å². The maximum atomic E-state index is 12.7. The summed E-state index contributed by atoms with van der Waals surface area (Å²) < 4.78 is 12.7. The molecule has 0 radical (unpaired) electrons. The lowest BCUT2D eigenvalue weighted by atomic mass is 10.0. The number of rotatable bonds is 3. The molecule has 1 heterocycles. The highest BCUT2D eigenvalue weighted by Gasteiger charge is 2.31. The molecule has 0 aliphatic carbocycles. The Morgan fingerprint density at radius 1 is 1.47 bits per heavy atom. The number of hydrogen-bond acceptors (Lipinski definition) is 3. The lowest BCUT2D eigenvalue weighted by Crippen LogP contribution is -2.42. The summed E-state index contributed by atoms with van der Waals surface area (Å²) in [7, 11) is 0. The van der Waals surface area contributed by atoms with E-state index < -0.39 is 5.60 Å². The minimum absolute atomic E-state index is 0.246. The smallest absolute Gasteiger partial charge is 0.251 e. The van der Waals surface area contributed by atoms with Crippen LogP contribution in [0.25, 0.3) is 0 Å². The molecule has 1 atom stereocenters. The van der Waals surface area contributed by atoms with E-state index in [2.05, 4.69) is 5.32 Å². The topological polar surface area (TPSA) is 49.3 Å². The van der Waals surface area contributed by atoms with E-state index in [9.17, 15) is 14.3 Å². The maximum absolute atomic E-state index is 12.7. The van der Waals surface area contributed by atoms with Gasteiger partial charge < -0.3 is 10.4 Å². The lowest BCUT2D eigenvalue weighted by Gasteiger charge is -2.21. The lowest BCUT2D eigenvalue weighted by molar-refractivity contribution is 0.0612. The summed E-state index contributed by atoms with van der Waals surface area (Å²) in [5.74, 6) is 0.919. The average molecular weight is 255 g/mol. The number of thioether (sulfide) groups is 1. The Labute approximate surface area is 103 Å². The van der Waals surface area contributed by atoms with Crippen LogP contribution >= 0.6 is 11.8 Å². The van der Waals surface area contributed by atoms with Gasteiger partial charge >= 0.3 is 0 Å². The van der Waals surface area contributed by atoms with Crippen LogP contribution in [0.4, 0.5) is 4.39 Å². The van der Waals surface area contributed by atoms with Gasteiger partial charge in [0.25, 0.3) is 5.91 Å². The number of nitrogens with one attached hydrogen (secondary N) is 1. The second-order valence-electron chi connectivity index (χ2n) is 4.22. The van der Waals surface area contributed by atoms with Crippen molar-refractivity contribution in [3.8, 4) is 0 Å². The number of amides is 1. The van der Waals surface area contributed by atoms with E-state index in [4.69, 9.17) is 0 Å². The molecule has 0 aromatic heterocycles. The molecule has 0 bridgehead atoms. The van der Waals surface area contributed by atoms with Crippen LogP contribution in [0.15, 0.2) is 24.3 Å². The molecule has 2 rings (SSSR count). The number of carbonyl (C=O) groups excluding carboxylic acids is 1. The van der Waals surface area contributed by atoms with E-state index in [1.807, 2.05) is 0 Å². The third-order valence-electron chi connectivity index (χ3n) is 2.77. The van der Waals surface area contributed by atoms with Gasteiger partial charge in [-0.25, -0.2) is 4.39 Å². The molecule has 1 aromatic rings. The molecule has 17 heavy (non-hydrogen) atoms. The van der Waals surface area contributed by atoms with Crippen molar-refractivity contribution >= 4 is 17.7 Å². The summed E-state index contributed by atoms with van der Waals surface area (Å²) in [5.41, 5.74) is -0.388. The Morgan fingerprint density at radius 3 is 2.76 bits per heavy atom. The summed E-state index contributed by atoms with van der Waals surface area (Å²) in [4.78, 5) is 11.7. The first kappa shape index (κ1) is 12.4. The molecule has 0 spiro atoms. The molecule has 1 aromatic carbocycles. The number of benzene rings is 1. The first-order valence-corrected chi connectivity index (χ1v) is 6.58. The predicted molar refractivity (Wildman–Crippen MR) is 65.6 cm³/mol. The standard InChI is InChI=1S/C12H14FNO2S/c13-10-3-1-9(2-4-10)11(15)14-7-12(16)5-6-17-8-12/h1-4,16H,5-8H2,(H,14,15). The Hall–Kier alpha value is -1.07. The van der Waals surface area contributed by atoms with Gasteiger partial charge in [0, 0.05) is 17.9 Å². The highest BCUT2D eigenvalue weighted by Crippen LogP contribution is 2.26. The number of halogens is 1. The Bertz CT molecular complexity index is 401. The fraction of sp³-hybridized carbons (Fsp3) is 0.417. The third-order valence-corrected chi connectivity index (χ3v) is 4.00. The summed E-state index contributed by atoms with van der Waals surface area (Å²) in [6.07, 6.45) is 0.696. The monoisotopic (exact) mass is 255 g/mol. The summed E-state index contributed by atoms with van der Waals surface area (Å²) in [6.45, 7) is 0.246. The van der Waals surface area contributed by atoms with E-state index >= 15 is 0 Å². The molecule has 1 aliphatic heterocycles. The molecule has 1 fully saturated rings. The predicted octanol–water partition coefficient (Wildman–Crippen LogP) is 1.42. The molecule has 2 N–H and O–H groups in total. The minimum Gasteiger partial charge on any atom is -0.387 e. The average Bonchev–Trinajstić information content (AvgIpc) is 2.75. The minimum atomic E-state index is -0.791. The van der Waals surface area contributed by atoms with Gasteiger partial charge in [-0.1, -0.05) is 0 Å². The second-order valence-corrected chi connectivity index (χ2v) is 5.32. The molecule has 1 amide bonds. The van der Waals surface area contributed by atoms with Crippen LogP contribution in [0.5, 0.6) is 0 Å². The zero-order valence-corrected chi connectivity index (χ0v) is 10.1. The van der Waals surface area contributed by atoms with Crippen molar-refractivity contribution < 1.29 is 14.3 Å². The normalized spacial score (nSPS) is 23.6. The molecular formula is C12H14FNO2S. The summed E-state index contributed by atoms with van der Waals surface area (Å²) in [5, 5.41) is 12.7. The van der Waals surface area contributed by atoms with Crippen LogP contribution in [-0.2, 0) is 0 Å². The Balaban J connectivity index is 1.91. The molecule has 1 aliphatic rings. The van der Waals surface area contributed by atoms with Gasteiger partial charge in [-0.2, -0.15) is 11.8 Å². The van der Waals surface area contributed by atoms with Crippen molar-refractivity contribution in [1.82, 2.24) is 5.32 Å². The Morgan fingerprint density at radius 2 is 2.18 bits per heavy atom. The summed E-state index contributed by atoms with van der Waals surface area (Å²) in [6, 6.07) is 5.35. The maximum Gasteiger partial charge on any atom is 0.251 e. The number of carbonyl (C=O) groups is 1. The van der Waals surface area contributed by atoms with Gasteiger partial charge in [-0.15, -0.1) is 0 Å². The van der Waals surface area contributed by atoms with Crippen LogP contribution in [0.3, 0.4) is 0 Å². The van der Waals surface area contributed by atoms with Crippen molar-refractivity contribution in [1.29, 1.82) is 0 Å². The molecule has 5 heteroatoms. The SMILES string of the molecule is O=C(NCC1(O)CCSC1)c1ccc(F)cc1. The van der Waals surface area contributed by atoms with E-state index in [0.717, 1.165) is 5.75 Å². The van der Waals surface area contributed by atoms with Crippen LogP contribution in [0.2, 0.25) is 0 Å². The molecule has 3 nitrogen and oxygen atoms in total. The highest BCUT2D eigenvalue weighted by atomic mass is 32.2. The highest BCUT2D eigenvalue weighted by molar-refractivity contribution is 7.99. The van der Waals surface area contributed by atoms with E-state index in [1.54, 1.807) is 11.8 Å². The van der Waals surface area contributed by atoms with Crippen molar-refractivity contribution in [3.63, 3.8) is 0 Å². The quantitative estimate of drug-likeness (QED) is 0.859. The van der Waals surface area contributed by atoms with Crippen molar-refractivity contribution in [3.05, 3.63) is 35.6 Å². The first-order valence-electron chi connectivity index (χ1n) is 5.43. The second kappa shape index (κ2) is 5.06. The number of aliphatic hydroxyl groups is 1. The fourth-order valence-corrected chi connectivity index (χ4v) is 2.98.